The van der Waals surface area contributed by atoms with E-state index in [-0.39, 0.29) is 10.7 Å². The molecule has 0 bridgehead atoms. The second kappa shape index (κ2) is 7.05. The highest BCUT2D eigenvalue weighted by Crippen LogP contribution is 2.22. The van der Waals surface area contributed by atoms with Crippen LogP contribution in [0.3, 0.4) is 0 Å². The molecule has 21 heavy (non-hydrogen) atoms. The third kappa shape index (κ3) is 4.17. The Morgan fingerprint density at radius 1 is 1.43 bits per heavy atom. The van der Waals surface area contributed by atoms with E-state index in [4.69, 9.17) is 16.3 Å². The van der Waals surface area contributed by atoms with Crippen LogP contribution >= 0.6 is 11.6 Å². The third-order valence-electron chi connectivity index (χ3n) is 2.61. The van der Waals surface area contributed by atoms with Crippen molar-refractivity contribution in [2.24, 2.45) is 0 Å². The van der Waals surface area contributed by atoms with E-state index in [0.29, 0.717) is 19.0 Å². The molecule has 0 saturated carbocycles. The van der Waals surface area contributed by atoms with Crippen molar-refractivity contribution >= 4 is 29.1 Å². The van der Waals surface area contributed by atoms with Gasteiger partial charge in [0.15, 0.2) is 11.6 Å². The molecule has 0 fully saturated rings. The summed E-state index contributed by atoms with van der Waals surface area (Å²) in [5, 5.41) is 8.93. The van der Waals surface area contributed by atoms with Crippen LogP contribution in [0.25, 0.3) is 0 Å². The van der Waals surface area contributed by atoms with E-state index in [0.717, 1.165) is 0 Å². The Labute approximate surface area is 125 Å². The Hall–Kier alpha value is -2.12. The fraction of sp³-hybridized carbons (Fsp3) is 0.231. The highest BCUT2D eigenvalue weighted by atomic mass is 35.5. The molecule has 0 spiro atoms. The van der Waals surface area contributed by atoms with Gasteiger partial charge in [-0.05, 0) is 12.1 Å². The first kappa shape index (κ1) is 15.3. The summed E-state index contributed by atoms with van der Waals surface area (Å²) >= 11 is 5.64. The van der Waals surface area contributed by atoms with Gasteiger partial charge in [0.05, 0.1) is 23.9 Å². The molecule has 2 aromatic rings. The third-order valence-corrected chi connectivity index (χ3v) is 2.90. The van der Waals surface area contributed by atoms with E-state index in [1.54, 1.807) is 30.1 Å². The van der Waals surface area contributed by atoms with Crippen LogP contribution in [0, 0.1) is 5.82 Å². The molecule has 0 aliphatic heterocycles. The first-order chi connectivity index (χ1) is 10.1. The highest BCUT2D eigenvalue weighted by molar-refractivity contribution is 6.31. The summed E-state index contributed by atoms with van der Waals surface area (Å²) in [5.41, 5.74) is -0.00110. The summed E-state index contributed by atoms with van der Waals surface area (Å²) in [7, 11) is 1.59. The molecule has 0 aliphatic rings. The van der Waals surface area contributed by atoms with Crippen LogP contribution in [0.4, 0.5) is 20.7 Å². The highest BCUT2D eigenvalue weighted by Gasteiger charge is 2.10. The number of methoxy groups -OCH3 is 1. The van der Waals surface area contributed by atoms with Crippen LogP contribution < -0.4 is 10.6 Å². The van der Waals surface area contributed by atoms with Gasteiger partial charge in [-0.3, -0.25) is 10.00 Å². The molecule has 1 aromatic heterocycles. The minimum absolute atomic E-state index is 0.00110. The van der Waals surface area contributed by atoms with Crippen LogP contribution in [-0.2, 0) is 11.3 Å². The van der Waals surface area contributed by atoms with Crippen molar-refractivity contribution in [3.8, 4) is 0 Å². The largest absolute Gasteiger partial charge is 0.383 e. The number of nitrogens with one attached hydrogen (secondary N) is 2. The molecule has 1 heterocycles. The lowest BCUT2D eigenvalue weighted by Crippen LogP contribution is -2.20. The van der Waals surface area contributed by atoms with Crippen molar-refractivity contribution in [2.45, 2.75) is 6.54 Å². The molecule has 0 saturated heterocycles. The number of anilines is 2. The maximum atomic E-state index is 13.6. The molecule has 0 unspecified atom stereocenters. The van der Waals surface area contributed by atoms with Gasteiger partial charge in [-0.25, -0.2) is 9.18 Å². The Balaban J connectivity index is 1.95. The van der Waals surface area contributed by atoms with E-state index in [2.05, 4.69) is 15.7 Å². The topological polar surface area (TPSA) is 68.2 Å². The van der Waals surface area contributed by atoms with Gasteiger partial charge in [0, 0.05) is 19.4 Å². The lowest BCUT2D eigenvalue weighted by Gasteiger charge is -2.07. The summed E-state index contributed by atoms with van der Waals surface area (Å²) in [4.78, 5) is 11.8. The number of aromatic nitrogens is 2. The molecule has 8 heteroatoms. The van der Waals surface area contributed by atoms with Crippen LogP contribution in [0.2, 0.25) is 5.02 Å². The molecular weight excluding hydrogens is 299 g/mol. The Kier molecular flexibility index (Phi) is 5.13. The minimum atomic E-state index is -0.681. The number of benzene rings is 1. The Bertz CT molecular complexity index is 632. The van der Waals surface area contributed by atoms with Crippen LogP contribution in [-0.4, -0.2) is 29.5 Å². The summed E-state index contributed by atoms with van der Waals surface area (Å²) in [6.07, 6.45) is 1.70. The van der Waals surface area contributed by atoms with Gasteiger partial charge in [0.1, 0.15) is 0 Å². The Morgan fingerprint density at radius 2 is 2.24 bits per heavy atom. The second-order valence-electron chi connectivity index (χ2n) is 4.14. The van der Waals surface area contributed by atoms with Crippen molar-refractivity contribution in [1.82, 2.24) is 9.78 Å². The van der Waals surface area contributed by atoms with Crippen molar-refractivity contribution < 1.29 is 13.9 Å². The number of carbonyl (C=O) groups excluding carboxylic acids is 1. The fourth-order valence-electron chi connectivity index (χ4n) is 1.61. The zero-order chi connectivity index (χ0) is 15.2. The summed E-state index contributed by atoms with van der Waals surface area (Å²) in [5.74, 6) is -0.328. The predicted octanol–water partition coefficient (Wildman–Crippen LogP) is 2.97. The zero-order valence-corrected chi connectivity index (χ0v) is 12.0. The minimum Gasteiger partial charge on any atom is -0.383 e. The first-order valence-corrected chi connectivity index (χ1v) is 6.52. The van der Waals surface area contributed by atoms with Gasteiger partial charge in [-0.1, -0.05) is 17.7 Å². The van der Waals surface area contributed by atoms with Gasteiger partial charge in [0.2, 0.25) is 0 Å². The fourth-order valence-corrected chi connectivity index (χ4v) is 1.78. The van der Waals surface area contributed by atoms with Crippen molar-refractivity contribution in [3.05, 3.63) is 41.3 Å². The maximum absolute atomic E-state index is 13.6. The van der Waals surface area contributed by atoms with E-state index < -0.39 is 11.8 Å². The van der Waals surface area contributed by atoms with Crippen LogP contribution in [0.15, 0.2) is 30.5 Å². The molecule has 2 amide bonds. The van der Waals surface area contributed by atoms with E-state index in [9.17, 15) is 9.18 Å². The van der Waals surface area contributed by atoms with Crippen molar-refractivity contribution in [3.63, 3.8) is 0 Å². The van der Waals surface area contributed by atoms with Gasteiger partial charge in [0.25, 0.3) is 0 Å². The number of ether oxygens (including phenoxy) is 1. The van der Waals surface area contributed by atoms with Gasteiger partial charge in [-0.15, -0.1) is 0 Å². The second-order valence-corrected chi connectivity index (χ2v) is 4.54. The molecule has 6 nitrogen and oxygen atoms in total. The normalized spacial score (nSPS) is 10.4. The molecule has 0 radical (unpaired) electrons. The summed E-state index contributed by atoms with van der Waals surface area (Å²) < 4.78 is 20.2. The average Bonchev–Trinajstić information content (AvgIpc) is 2.89. The monoisotopic (exact) mass is 312 g/mol. The van der Waals surface area contributed by atoms with Gasteiger partial charge >= 0.3 is 6.03 Å². The Morgan fingerprint density at radius 3 is 3.00 bits per heavy atom. The number of carbonyl (C=O) groups is 1. The molecule has 2 rings (SSSR count). The predicted molar refractivity (Wildman–Crippen MR) is 78.2 cm³/mol. The molecule has 0 atom stereocenters. The summed E-state index contributed by atoms with van der Waals surface area (Å²) in [6, 6.07) is 5.38. The van der Waals surface area contributed by atoms with Crippen LogP contribution in [0.5, 0.6) is 0 Å². The number of amides is 2. The quantitative estimate of drug-likeness (QED) is 0.892. The lowest BCUT2D eigenvalue weighted by molar-refractivity contribution is 0.183. The number of halogens is 2. The average molecular weight is 313 g/mol. The van der Waals surface area contributed by atoms with E-state index >= 15 is 0 Å². The standard InChI is InChI=1S/C13H14ClFN4O2/c1-21-8-7-19-6-5-11(18-19)17-13(20)16-10-4-2-3-9(14)12(10)15/h2-6H,7-8H2,1H3,(H2,16,17,18,20). The molecule has 112 valence electrons. The lowest BCUT2D eigenvalue weighted by atomic mass is 10.3. The molecule has 1 aromatic carbocycles. The number of nitrogens with zero attached hydrogens (tertiary/aromatic N) is 2. The smallest absolute Gasteiger partial charge is 0.324 e. The number of urea groups is 1. The van der Waals surface area contributed by atoms with Crippen LogP contribution in [0.1, 0.15) is 0 Å². The first-order valence-electron chi connectivity index (χ1n) is 6.14. The molecular formula is C13H14ClFN4O2. The van der Waals surface area contributed by atoms with Crippen molar-refractivity contribution in [2.75, 3.05) is 24.4 Å². The van der Waals surface area contributed by atoms with Crippen molar-refractivity contribution in [1.29, 1.82) is 0 Å². The number of hydrogen-bond donors (Lipinski definition) is 2. The number of hydrogen-bond acceptors (Lipinski definition) is 3. The SMILES string of the molecule is COCCn1ccc(NC(=O)Nc2cccc(Cl)c2F)n1. The molecule has 0 aliphatic carbocycles. The molecule has 2 N–H and O–H groups in total. The van der Waals surface area contributed by atoms with E-state index in [1.807, 2.05) is 0 Å². The van der Waals surface area contributed by atoms with E-state index in [1.165, 1.54) is 12.1 Å². The van der Waals surface area contributed by atoms with Gasteiger partial charge in [-0.2, -0.15) is 5.10 Å². The zero-order valence-electron chi connectivity index (χ0n) is 11.3. The van der Waals surface area contributed by atoms with Gasteiger partial charge < -0.3 is 10.1 Å². The maximum Gasteiger partial charge on any atom is 0.324 e. The summed E-state index contributed by atoms with van der Waals surface area (Å²) in [6.45, 7) is 1.09. The number of rotatable bonds is 5.